The van der Waals surface area contributed by atoms with Crippen molar-refractivity contribution >= 4 is 23.5 Å². The summed E-state index contributed by atoms with van der Waals surface area (Å²) in [5.74, 6) is -2.09. The second kappa shape index (κ2) is 29.2. The van der Waals surface area contributed by atoms with Crippen LogP contribution < -0.4 is 0 Å². The predicted molar refractivity (Wildman–Crippen MR) is 189 cm³/mol. The Hall–Kier alpha value is -2.75. The van der Waals surface area contributed by atoms with Gasteiger partial charge in [-0.25, -0.2) is 14.4 Å². The highest BCUT2D eigenvalue weighted by molar-refractivity contribution is 6.22. The zero-order valence-corrected chi connectivity index (χ0v) is 30.3. The molecule has 0 fully saturated rings. The maximum atomic E-state index is 13.7. The number of nitrogens with zero attached hydrogens (tertiary/aromatic N) is 1. The van der Waals surface area contributed by atoms with Gasteiger partial charge in [-0.3, -0.25) is 10.4 Å². The molecule has 0 aliphatic carbocycles. The van der Waals surface area contributed by atoms with E-state index in [1.54, 1.807) is 0 Å². The van der Waals surface area contributed by atoms with Crippen molar-refractivity contribution < 1.29 is 39.1 Å². The summed E-state index contributed by atoms with van der Waals surface area (Å²) in [5.41, 5.74) is 0.892. The monoisotopic (exact) mass is 675 g/mol. The van der Waals surface area contributed by atoms with Crippen molar-refractivity contribution in [3.05, 3.63) is 41.0 Å². The van der Waals surface area contributed by atoms with Crippen molar-refractivity contribution in [3.63, 3.8) is 0 Å². The van der Waals surface area contributed by atoms with E-state index in [1.807, 2.05) is 0 Å². The minimum Gasteiger partial charge on any atom is -0.462 e. The van der Waals surface area contributed by atoms with Crippen molar-refractivity contribution in [3.8, 4) is 0 Å². The summed E-state index contributed by atoms with van der Waals surface area (Å²) in [7, 11) is 0. The zero-order chi connectivity index (χ0) is 35.2. The molecular formula is C39H65NO8. The van der Waals surface area contributed by atoms with Crippen LogP contribution in [0, 0.1) is 0 Å². The molecule has 274 valence electrons. The van der Waals surface area contributed by atoms with E-state index in [2.05, 4.69) is 25.6 Å². The molecule has 0 saturated heterocycles. The van der Waals surface area contributed by atoms with Crippen LogP contribution in [0.15, 0.2) is 29.8 Å². The lowest BCUT2D eigenvalue weighted by Crippen LogP contribution is -2.20. The molecule has 9 heteroatoms. The van der Waals surface area contributed by atoms with Gasteiger partial charge >= 0.3 is 17.9 Å². The number of esters is 2. The molecular weight excluding hydrogens is 610 g/mol. The largest absolute Gasteiger partial charge is 0.462 e. The van der Waals surface area contributed by atoms with Gasteiger partial charge in [-0.2, -0.15) is 0 Å². The summed E-state index contributed by atoms with van der Waals surface area (Å²) in [5, 5.41) is 17.1. The molecule has 9 nitrogen and oxygen atoms in total. The standard InChI is InChI=1S/C39H65NO8/c1-4-7-10-13-16-18-21-24-31-46-38(42)35(26-23-20-15-12-9-6-3)36(33-27-29-34(30-28-33)37(41)48-40(44)45)39(43)47-32-25-22-19-17-14-11-8-5-2/h27-30,44-45H,4-26,31-32H2,1-3H3/b36-35-. The predicted octanol–water partition coefficient (Wildman–Crippen LogP) is 10.7. The van der Waals surface area contributed by atoms with Crippen molar-refractivity contribution in [1.82, 2.24) is 5.39 Å². The van der Waals surface area contributed by atoms with Crippen LogP contribution in [0.3, 0.4) is 0 Å². The molecule has 0 amide bonds. The highest BCUT2D eigenvalue weighted by Gasteiger charge is 2.25. The summed E-state index contributed by atoms with van der Waals surface area (Å²) in [6.45, 7) is 7.13. The van der Waals surface area contributed by atoms with Gasteiger partial charge in [-0.15, -0.1) is 0 Å². The molecule has 0 saturated carbocycles. The highest BCUT2D eigenvalue weighted by atomic mass is 17.1. The van der Waals surface area contributed by atoms with Crippen molar-refractivity contribution in [2.75, 3.05) is 13.2 Å². The minimum absolute atomic E-state index is 0.0354. The molecule has 0 spiro atoms. The van der Waals surface area contributed by atoms with Crippen LogP contribution in [0.2, 0.25) is 0 Å². The number of hydrogen-bond acceptors (Lipinski definition) is 9. The second-order valence-electron chi connectivity index (χ2n) is 12.8. The van der Waals surface area contributed by atoms with Crippen molar-refractivity contribution in [2.45, 2.75) is 168 Å². The molecule has 0 aliphatic rings. The first kappa shape index (κ1) is 43.3. The van der Waals surface area contributed by atoms with Gasteiger partial charge in [0.15, 0.2) is 0 Å². The van der Waals surface area contributed by atoms with Gasteiger partial charge < -0.3 is 14.3 Å². The van der Waals surface area contributed by atoms with Crippen molar-refractivity contribution in [2.24, 2.45) is 0 Å². The van der Waals surface area contributed by atoms with Gasteiger partial charge in [0.25, 0.3) is 0 Å². The SMILES string of the molecule is CCCCCCCCCCOC(=O)/C(CCCCCCCC)=C(\C(=O)OCCCCCCCCCC)c1ccc(C(=O)ON(O)O)cc1. The molecule has 0 atom stereocenters. The zero-order valence-electron chi connectivity index (χ0n) is 30.3. The van der Waals surface area contributed by atoms with Gasteiger partial charge in [-0.05, 0) is 43.4 Å². The van der Waals surface area contributed by atoms with Crippen LogP contribution in [0.5, 0.6) is 0 Å². The fraction of sp³-hybridized carbons (Fsp3) is 0.718. The molecule has 0 aliphatic heterocycles. The number of hydrogen-bond donors (Lipinski definition) is 2. The van der Waals surface area contributed by atoms with E-state index in [9.17, 15) is 14.4 Å². The van der Waals surface area contributed by atoms with Crippen LogP contribution in [0.1, 0.15) is 184 Å². The Balaban J connectivity index is 3.11. The average molecular weight is 676 g/mol. The van der Waals surface area contributed by atoms with E-state index in [1.165, 1.54) is 94.9 Å². The third kappa shape index (κ3) is 20.6. The third-order valence-electron chi connectivity index (χ3n) is 8.57. The van der Waals surface area contributed by atoms with E-state index in [0.29, 0.717) is 12.0 Å². The molecule has 0 aromatic heterocycles. The van der Waals surface area contributed by atoms with Crippen LogP contribution >= 0.6 is 0 Å². The summed E-state index contributed by atoms with van der Waals surface area (Å²) in [4.78, 5) is 43.8. The summed E-state index contributed by atoms with van der Waals surface area (Å²) in [6, 6.07) is 5.88. The maximum Gasteiger partial charge on any atom is 0.362 e. The van der Waals surface area contributed by atoms with Crippen LogP contribution in [-0.2, 0) is 23.9 Å². The van der Waals surface area contributed by atoms with E-state index >= 15 is 0 Å². The molecule has 1 aromatic rings. The highest BCUT2D eigenvalue weighted by Crippen LogP contribution is 2.27. The van der Waals surface area contributed by atoms with Crippen LogP contribution in [0.25, 0.3) is 5.57 Å². The molecule has 0 unspecified atom stereocenters. The number of carbonyl (C=O) groups excluding carboxylic acids is 3. The molecule has 2 N–H and O–H groups in total. The van der Waals surface area contributed by atoms with Gasteiger partial charge in [0.05, 0.1) is 29.9 Å². The Morgan fingerprint density at radius 2 is 0.896 bits per heavy atom. The number of carbonyl (C=O) groups is 3. The molecule has 1 rings (SSSR count). The lowest BCUT2D eigenvalue weighted by atomic mass is 9.94. The molecule has 1 aromatic carbocycles. The normalized spacial score (nSPS) is 11.8. The topological polar surface area (TPSA) is 123 Å². The van der Waals surface area contributed by atoms with E-state index < -0.39 is 23.3 Å². The Bertz CT molecular complexity index is 1020. The lowest BCUT2D eigenvalue weighted by molar-refractivity contribution is -0.464. The molecule has 0 bridgehead atoms. The average Bonchev–Trinajstić information content (AvgIpc) is 3.07. The van der Waals surface area contributed by atoms with Crippen LogP contribution in [-0.4, -0.2) is 46.9 Å². The first-order chi connectivity index (χ1) is 23.3. The fourth-order valence-electron chi connectivity index (χ4n) is 5.69. The first-order valence-electron chi connectivity index (χ1n) is 18.9. The van der Waals surface area contributed by atoms with Crippen LogP contribution in [0.4, 0.5) is 0 Å². The first-order valence-corrected chi connectivity index (χ1v) is 18.9. The summed E-state index contributed by atoms with van der Waals surface area (Å²) < 4.78 is 11.5. The van der Waals surface area contributed by atoms with Gasteiger partial charge in [0, 0.05) is 0 Å². The number of ether oxygens (including phenoxy) is 2. The Labute approximate surface area is 290 Å². The number of benzene rings is 1. The van der Waals surface area contributed by atoms with Gasteiger partial charge in [0.2, 0.25) is 0 Å². The Morgan fingerprint density at radius 3 is 1.33 bits per heavy atom. The smallest absolute Gasteiger partial charge is 0.362 e. The van der Waals surface area contributed by atoms with E-state index in [-0.39, 0.29) is 29.9 Å². The summed E-state index contributed by atoms with van der Waals surface area (Å²) in [6.07, 6.45) is 24.5. The minimum atomic E-state index is -0.994. The molecule has 0 radical (unpaired) electrons. The fourth-order valence-corrected chi connectivity index (χ4v) is 5.69. The Kier molecular flexibility index (Phi) is 26.3. The summed E-state index contributed by atoms with van der Waals surface area (Å²) >= 11 is 0. The quantitative estimate of drug-likeness (QED) is 0.0355. The number of rotatable bonds is 30. The Morgan fingerprint density at radius 1 is 0.521 bits per heavy atom. The molecule has 48 heavy (non-hydrogen) atoms. The number of unbranched alkanes of at least 4 members (excludes halogenated alkanes) is 19. The third-order valence-corrected chi connectivity index (χ3v) is 8.57. The van der Waals surface area contributed by atoms with Gasteiger partial charge in [0.1, 0.15) is 5.39 Å². The van der Waals surface area contributed by atoms with Gasteiger partial charge in [-0.1, -0.05) is 155 Å². The van der Waals surface area contributed by atoms with E-state index in [4.69, 9.17) is 19.9 Å². The molecule has 0 heterocycles. The lowest BCUT2D eigenvalue weighted by Gasteiger charge is -2.16. The maximum absolute atomic E-state index is 13.7. The van der Waals surface area contributed by atoms with E-state index in [0.717, 1.165) is 70.6 Å². The second-order valence-corrected chi connectivity index (χ2v) is 12.8. The van der Waals surface area contributed by atoms with Crippen molar-refractivity contribution in [1.29, 1.82) is 0 Å².